The molecule has 0 radical (unpaired) electrons. The summed E-state index contributed by atoms with van der Waals surface area (Å²) in [4.78, 5) is 23.4. The van der Waals surface area contributed by atoms with Crippen molar-refractivity contribution in [2.45, 2.75) is 19.3 Å². The van der Waals surface area contributed by atoms with E-state index < -0.39 is 11.6 Å². The number of para-hydroxylation sites is 2. The molecule has 0 aliphatic rings. The number of carbonyl (C=O) groups excluding carboxylic acids is 2. The minimum absolute atomic E-state index is 0.0685. The second-order valence-corrected chi connectivity index (χ2v) is 4.91. The second kappa shape index (κ2) is 8.03. The van der Waals surface area contributed by atoms with E-state index in [1.807, 2.05) is 0 Å². The van der Waals surface area contributed by atoms with Crippen LogP contribution in [-0.4, -0.2) is 11.8 Å². The van der Waals surface area contributed by atoms with Crippen LogP contribution in [0, 0.1) is 11.6 Å². The molecule has 0 aromatic heterocycles. The van der Waals surface area contributed by atoms with E-state index >= 15 is 0 Å². The van der Waals surface area contributed by atoms with Gasteiger partial charge in [0.15, 0.2) is 0 Å². The van der Waals surface area contributed by atoms with Gasteiger partial charge in [0.05, 0.1) is 11.4 Å². The number of halogens is 2. The predicted octanol–water partition coefficient (Wildman–Crippen LogP) is 3.71. The molecular formula is C17H16F2N2O2. The highest BCUT2D eigenvalue weighted by Crippen LogP contribution is 2.14. The fourth-order valence-corrected chi connectivity index (χ4v) is 1.96. The van der Waals surface area contributed by atoms with Crippen LogP contribution in [0.25, 0.3) is 0 Å². The molecule has 0 saturated heterocycles. The molecule has 0 saturated carbocycles. The van der Waals surface area contributed by atoms with Gasteiger partial charge in [0, 0.05) is 12.8 Å². The molecule has 6 heteroatoms. The van der Waals surface area contributed by atoms with Gasteiger partial charge in [0.25, 0.3) is 0 Å². The molecule has 2 amide bonds. The van der Waals surface area contributed by atoms with E-state index in [9.17, 15) is 18.4 Å². The molecule has 0 aliphatic heterocycles. The van der Waals surface area contributed by atoms with Gasteiger partial charge in [0.1, 0.15) is 11.6 Å². The molecule has 120 valence electrons. The maximum Gasteiger partial charge on any atom is 0.224 e. The third-order valence-corrected chi connectivity index (χ3v) is 3.10. The van der Waals surface area contributed by atoms with Crippen LogP contribution < -0.4 is 10.6 Å². The first-order chi connectivity index (χ1) is 11.1. The summed E-state index contributed by atoms with van der Waals surface area (Å²) in [6.45, 7) is 0. The number of rotatable bonds is 6. The Kier molecular flexibility index (Phi) is 5.80. The maximum atomic E-state index is 13.4. The standard InChI is InChI=1S/C17H16F2N2O2/c18-12-6-1-3-8-14(12)20-16(22)10-5-11-17(23)21-15-9-4-2-7-13(15)19/h1-4,6-9H,5,10-11H2,(H,20,22)(H,21,23). The van der Waals surface area contributed by atoms with Gasteiger partial charge >= 0.3 is 0 Å². The Balaban J connectivity index is 1.74. The number of hydrogen-bond donors (Lipinski definition) is 2. The average molecular weight is 318 g/mol. The normalized spacial score (nSPS) is 10.2. The zero-order chi connectivity index (χ0) is 16.7. The minimum Gasteiger partial charge on any atom is -0.324 e. The lowest BCUT2D eigenvalue weighted by Gasteiger charge is -2.07. The zero-order valence-corrected chi connectivity index (χ0v) is 12.3. The minimum atomic E-state index is -0.516. The quantitative estimate of drug-likeness (QED) is 0.853. The van der Waals surface area contributed by atoms with E-state index in [0.29, 0.717) is 0 Å². The van der Waals surface area contributed by atoms with Crippen LogP contribution in [0.3, 0.4) is 0 Å². The van der Waals surface area contributed by atoms with Gasteiger partial charge in [-0.3, -0.25) is 9.59 Å². The van der Waals surface area contributed by atoms with Crippen molar-refractivity contribution >= 4 is 23.2 Å². The number of benzene rings is 2. The van der Waals surface area contributed by atoms with Crippen molar-refractivity contribution < 1.29 is 18.4 Å². The summed E-state index contributed by atoms with van der Waals surface area (Å²) >= 11 is 0. The SMILES string of the molecule is O=C(CCCC(=O)Nc1ccccc1F)Nc1ccccc1F. The van der Waals surface area contributed by atoms with Crippen LogP contribution in [0.1, 0.15) is 19.3 Å². The predicted molar refractivity (Wildman–Crippen MR) is 83.9 cm³/mol. The lowest BCUT2D eigenvalue weighted by molar-refractivity contribution is -0.117. The van der Waals surface area contributed by atoms with Crippen molar-refractivity contribution in [3.05, 3.63) is 60.2 Å². The smallest absolute Gasteiger partial charge is 0.224 e. The highest BCUT2D eigenvalue weighted by atomic mass is 19.1. The molecule has 0 bridgehead atoms. The summed E-state index contributed by atoms with van der Waals surface area (Å²) in [6, 6.07) is 11.7. The first-order valence-corrected chi connectivity index (χ1v) is 7.15. The Hall–Kier alpha value is -2.76. The van der Waals surface area contributed by atoms with Gasteiger partial charge in [-0.25, -0.2) is 8.78 Å². The zero-order valence-electron chi connectivity index (χ0n) is 12.3. The average Bonchev–Trinajstić information content (AvgIpc) is 2.52. The van der Waals surface area contributed by atoms with Crippen molar-refractivity contribution in [3.63, 3.8) is 0 Å². The Morgan fingerprint density at radius 3 is 1.52 bits per heavy atom. The Morgan fingerprint density at radius 2 is 1.13 bits per heavy atom. The maximum absolute atomic E-state index is 13.4. The van der Waals surface area contributed by atoms with Crippen LogP contribution >= 0.6 is 0 Å². The number of carbonyl (C=O) groups is 2. The topological polar surface area (TPSA) is 58.2 Å². The molecular weight excluding hydrogens is 302 g/mol. The first-order valence-electron chi connectivity index (χ1n) is 7.15. The lowest BCUT2D eigenvalue weighted by atomic mass is 10.2. The van der Waals surface area contributed by atoms with Gasteiger partial charge in [0.2, 0.25) is 11.8 Å². The molecule has 0 unspecified atom stereocenters. The van der Waals surface area contributed by atoms with Crippen molar-refractivity contribution in [1.82, 2.24) is 0 Å². The number of nitrogens with one attached hydrogen (secondary N) is 2. The van der Waals surface area contributed by atoms with Gasteiger partial charge < -0.3 is 10.6 Å². The highest BCUT2D eigenvalue weighted by Gasteiger charge is 2.09. The molecule has 2 aromatic rings. The highest BCUT2D eigenvalue weighted by molar-refractivity contribution is 5.93. The summed E-state index contributed by atoms with van der Waals surface area (Å²) in [5.41, 5.74) is 0.210. The van der Waals surface area contributed by atoms with Crippen molar-refractivity contribution in [3.8, 4) is 0 Å². The van der Waals surface area contributed by atoms with Gasteiger partial charge in [-0.05, 0) is 30.7 Å². The Bertz CT molecular complexity index is 645. The van der Waals surface area contributed by atoms with Crippen LogP contribution in [0.5, 0.6) is 0 Å². The molecule has 0 heterocycles. The fourth-order valence-electron chi connectivity index (χ4n) is 1.96. The molecule has 4 nitrogen and oxygen atoms in total. The first kappa shape index (κ1) is 16.6. The molecule has 0 aliphatic carbocycles. The summed E-state index contributed by atoms with van der Waals surface area (Å²) in [7, 11) is 0. The van der Waals surface area contributed by atoms with Crippen molar-refractivity contribution in [2.75, 3.05) is 10.6 Å². The summed E-state index contributed by atoms with van der Waals surface area (Å²) in [6.07, 6.45) is 0.415. The third kappa shape index (κ3) is 5.18. The summed E-state index contributed by atoms with van der Waals surface area (Å²) < 4.78 is 26.7. The molecule has 0 spiro atoms. The molecule has 2 rings (SSSR count). The van der Waals surface area contributed by atoms with E-state index in [2.05, 4.69) is 10.6 Å². The number of hydrogen-bond acceptors (Lipinski definition) is 2. The largest absolute Gasteiger partial charge is 0.324 e. The Morgan fingerprint density at radius 1 is 0.739 bits per heavy atom. The van der Waals surface area contributed by atoms with Gasteiger partial charge in [-0.1, -0.05) is 24.3 Å². The monoisotopic (exact) mass is 318 g/mol. The van der Waals surface area contributed by atoms with E-state index in [4.69, 9.17) is 0 Å². The van der Waals surface area contributed by atoms with Crippen LogP contribution in [-0.2, 0) is 9.59 Å². The van der Waals surface area contributed by atoms with Crippen LogP contribution in [0.4, 0.5) is 20.2 Å². The molecule has 2 aromatic carbocycles. The van der Waals surface area contributed by atoms with Crippen molar-refractivity contribution in [1.29, 1.82) is 0 Å². The third-order valence-electron chi connectivity index (χ3n) is 3.10. The second-order valence-electron chi connectivity index (χ2n) is 4.91. The fraction of sp³-hybridized carbons (Fsp3) is 0.176. The van der Waals surface area contributed by atoms with Gasteiger partial charge in [-0.2, -0.15) is 0 Å². The van der Waals surface area contributed by atoms with Gasteiger partial charge in [-0.15, -0.1) is 0 Å². The van der Waals surface area contributed by atoms with Crippen LogP contribution in [0.15, 0.2) is 48.5 Å². The number of amides is 2. The van der Waals surface area contributed by atoms with E-state index in [0.717, 1.165) is 0 Å². The van der Waals surface area contributed by atoms with Crippen molar-refractivity contribution in [2.24, 2.45) is 0 Å². The summed E-state index contributed by atoms with van der Waals surface area (Å²) in [5.74, 6) is -1.79. The van der Waals surface area contributed by atoms with E-state index in [1.54, 1.807) is 12.1 Å². The molecule has 23 heavy (non-hydrogen) atoms. The van der Waals surface area contributed by atoms with E-state index in [-0.39, 0.29) is 42.5 Å². The molecule has 0 atom stereocenters. The molecule has 0 fully saturated rings. The number of anilines is 2. The van der Waals surface area contributed by atoms with Crippen LogP contribution in [0.2, 0.25) is 0 Å². The lowest BCUT2D eigenvalue weighted by Crippen LogP contribution is -2.15. The van der Waals surface area contributed by atoms with E-state index in [1.165, 1.54) is 36.4 Å². The molecule has 2 N–H and O–H groups in total. The Labute approximate surface area is 132 Å². The summed E-state index contributed by atoms with van der Waals surface area (Å²) in [5, 5.41) is 4.87.